The van der Waals surface area contributed by atoms with Crippen LogP contribution in [0.3, 0.4) is 0 Å². The van der Waals surface area contributed by atoms with Crippen molar-refractivity contribution in [2.24, 2.45) is 0 Å². The van der Waals surface area contributed by atoms with Gasteiger partial charge in [0.2, 0.25) is 0 Å². The van der Waals surface area contributed by atoms with Gasteiger partial charge in [-0.1, -0.05) is 41.4 Å². The number of halogens is 4. The third kappa shape index (κ3) is 5.10. The van der Waals surface area contributed by atoms with Gasteiger partial charge in [0, 0.05) is 17.1 Å². The molecule has 0 spiro atoms. The molecule has 0 aromatic heterocycles. The van der Waals surface area contributed by atoms with Gasteiger partial charge in [-0.05, 0) is 57.9 Å². The van der Waals surface area contributed by atoms with Crippen LogP contribution in [0.25, 0.3) is 0 Å². The number of rotatable bonds is 7. The number of ether oxygens (including phenoxy) is 2. The van der Waals surface area contributed by atoms with E-state index in [1.54, 1.807) is 43.5 Å². The van der Waals surface area contributed by atoms with E-state index in [2.05, 4.69) is 21.2 Å². The van der Waals surface area contributed by atoms with E-state index in [1.165, 1.54) is 6.07 Å². The number of hydrogen-bond donors (Lipinski definition) is 1. The summed E-state index contributed by atoms with van der Waals surface area (Å²) >= 11 is 15.7. The van der Waals surface area contributed by atoms with Crippen molar-refractivity contribution in [3.05, 3.63) is 86.1 Å². The van der Waals surface area contributed by atoms with Gasteiger partial charge < -0.3 is 14.8 Å². The highest BCUT2D eigenvalue weighted by Gasteiger charge is 2.13. The minimum absolute atomic E-state index is 0.0946. The molecule has 7 heteroatoms. The largest absolute Gasteiger partial charge is 0.493 e. The molecule has 1 N–H and O–H groups in total. The number of hydrogen-bond acceptors (Lipinski definition) is 3. The molecular weight excluding hydrogens is 468 g/mol. The quantitative estimate of drug-likeness (QED) is 0.388. The first-order valence-electron chi connectivity index (χ1n) is 8.39. The van der Waals surface area contributed by atoms with Crippen molar-refractivity contribution in [2.45, 2.75) is 13.2 Å². The molecular formula is C21H17BrCl2FNO2. The first-order valence-corrected chi connectivity index (χ1v) is 9.94. The van der Waals surface area contributed by atoms with Gasteiger partial charge in [0.05, 0.1) is 22.3 Å². The molecule has 3 rings (SSSR count). The highest BCUT2D eigenvalue weighted by molar-refractivity contribution is 9.10. The third-order valence-electron chi connectivity index (χ3n) is 4.03. The smallest absolute Gasteiger partial charge is 0.175 e. The maximum atomic E-state index is 13.8. The molecule has 0 radical (unpaired) electrons. The van der Waals surface area contributed by atoms with Crippen LogP contribution in [-0.2, 0) is 13.2 Å². The van der Waals surface area contributed by atoms with Gasteiger partial charge >= 0.3 is 0 Å². The molecule has 3 aromatic carbocycles. The van der Waals surface area contributed by atoms with Crippen molar-refractivity contribution in [1.82, 2.24) is 0 Å². The van der Waals surface area contributed by atoms with Crippen LogP contribution in [0.4, 0.5) is 10.1 Å². The Labute approximate surface area is 181 Å². The molecule has 0 bridgehead atoms. The molecule has 0 atom stereocenters. The normalized spacial score (nSPS) is 10.6. The van der Waals surface area contributed by atoms with E-state index in [-0.39, 0.29) is 12.4 Å². The summed E-state index contributed by atoms with van der Waals surface area (Å²) in [6.45, 7) is 0.597. The summed E-state index contributed by atoms with van der Waals surface area (Å²) < 4.78 is 25.8. The summed E-state index contributed by atoms with van der Waals surface area (Å²) in [4.78, 5) is 0. The molecule has 3 aromatic rings. The van der Waals surface area contributed by atoms with Crippen LogP contribution in [0.5, 0.6) is 11.5 Å². The molecule has 0 aliphatic rings. The van der Waals surface area contributed by atoms with Gasteiger partial charge in [0.1, 0.15) is 12.4 Å². The van der Waals surface area contributed by atoms with E-state index >= 15 is 0 Å². The van der Waals surface area contributed by atoms with E-state index in [4.69, 9.17) is 32.7 Å². The van der Waals surface area contributed by atoms with Crippen LogP contribution in [0.2, 0.25) is 10.0 Å². The lowest BCUT2D eigenvalue weighted by atomic mass is 10.2. The van der Waals surface area contributed by atoms with Crippen molar-refractivity contribution in [3.8, 4) is 11.5 Å². The molecule has 146 valence electrons. The molecule has 0 aliphatic heterocycles. The van der Waals surface area contributed by atoms with Crippen molar-refractivity contribution >= 4 is 44.8 Å². The van der Waals surface area contributed by atoms with Gasteiger partial charge in [-0.15, -0.1) is 0 Å². The van der Waals surface area contributed by atoms with Crippen LogP contribution in [-0.4, -0.2) is 7.11 Å². The summed E-state index contributed by atoms with van der Waals surface area (Å²) in [5.41, 5.74) is 2.15. The molecule has 0 heterocycles. The lowest BCUT2D eigenvalue weighted by molar-refractivity contribution is 0.277. The maximum Gasteiger partial charge on any atom is 0.175 e. The van der Waals surface area contributed by atoms with E-state index in [0.717, 1.165) is 11.3 Å². The van der Waals surface area contributed by atoms with Crippen molar-refractivity contribution < 1.29 is 13.9 Å². The Morgan fingerprint density at radius 1 is 1.07 bits per heavy atom. The van der Waals surface area contributed by atoms with Crippen LogP contribution in [0, 0.1) is 5.82 Å². The van der Waals surface area contributed by atoms with Gasteiger partial charge in [0.15, 0.2) is 11.5 Å². The van der Waals surface area contributed by atoms with Crippen molar-refractivity contribution in [1.29, 1.82) is 0 Å². The van der Waals surface area contributed by atoms with E-state index in [9.17, 15) is 4.39 Å². The Morgan fingerprint density at radius 3 is 2.61 bits per heavy atom. The fourth-order valence-corrected chi connectivity index (χ4v) is 3.57. The minimum Gasteiger partial charge on any atom is -0.493 e. The lowest BCUT2D eigenvalue weighted by Crippen LogP contribution is -2.04. The average Bonchev–Trinajstić information content (AvgIpc) is 2.68. The molecule has 0 saturated carbocycles. The van der Waals surface area contributed by atoms with Gasteiger partial charge in [-0.2, -0.15) is 0 Å². The molecule has 28 heavy (non-hydrogen) atoms. The molecule has 0 saturated heterocycles. The molecule has 3 nitrogen and oxygen atoms in total. The van der Waals surface area contributed by atoms with E-state index in [1.807, 2.05) is 12.1 Å². The van der Waals surface area contributed by atoms with Crippen molar-refractivity contribution in [2.75, 3.05) is 12.4 Å². The van der Waals surface area contributed by atoms with Crippen LogP contribution >= 0.6 is 39.1 Å². The summed E-state index contributed by atoms with van der Waals surface area (Å²) in [7, 11) is 1.56. The zero-order valence-electron chi connectivity index (χ0n) is 14.9. The standard InChI is InChI=1S/C21H17BrCl2FNO2/c1-27-20-9-13(11-26-19-10-15(23)6-7-17(19)24)8-16(22)21(20)28-12-14-4-2-3-5-18(14)25/h2-10,26H,11-12H2,1H3. The SMILES string of the molecule is COc1cc(CNc2cc(Cl)ccc2Cl)cc(Br)c1OCc1ccccc1F. The summed E-state index contributed by atoms with van der Waals surface area (Å²) in [6, 6.07) is 15.5. The van der Waals surface area contributed by atoms with Gasteiger partial charge in [0.25, 0.3) is 0 Å². The number of nitrogens with one attached hydrogen (secondary N) is 1. The molecule has 0 aliphatic carbocycles. The molecule has 0 unspecified atom stereocenters. The zero-order valence-corrected chi connectivity index (χ0v) is 18.0. The third-order valence-corrected chi connectivity index (χ3v) is 5.18. The number of methoxy groups -OCH3 is 1. The second kappa shape index (κ2) is 9.50. The fraction of sp³-hybridized carbons (Fsp3) is 0.143. The first-order chi connectivity index (χ1) is 13.5. The first kappa shape index (κ1) is 20.8. The summed E-state index contributed by atoms with van der Waals surface area (Å²) in [5, 5.41) is 4.43. The minimum atomic E-state index is -0.309. The van der Waals surface area contributed by atoms with E-state index < -0.39 is 0 Å². The fourth-order valence-electron chi connectivity index (χ4n) is 2.61. The van der Waals surface area contributed by atoms with Crippen molar-refractivity contribution in [3.63, 3.8) is 0 Å². The molecule has 0 fully saturated rings. The predicted molar refractivity (Wildman–Crippen MR) is 115 cm³/mol. The second-order valence-corrected chi connectivity index (χ2v) is 7.66. The lowest BCUT2D eigenvalue weighted by Gasteiger charge is -2.16. The zero-order chi connectivity index (χ0) is 20.1. The Bertz CT molecular complexity index is 985. The molecule has 0 amide bonds. The Morgan fingerprint density at radius 2 is 1.86 bits per heavy atom. The average molecular weight is 485 g/mol. The monoisotopic (exact) mass is 483 g/mol. The number of benzene rings is 3. The Hall–Kier alpha value is -1.95. The van der Waals surface area contributed by atoms with Gasteiger partial charge in [-0.3, -0.25) is 0 Å². The summed E-state index contributed by atoms with van der Waals surface area (Å²) in [6.07, 6.45) is 0. The van der Waals surface area contributed by atoms with Crippen LogP contribution in [0.15, 0.2) is 59.1 Å². The Balaban J connectivity index is 1.75. The summed E-state index contributed by atoms with van der Waals surface area (Å²) in [5.74, 6) is 0.742. The second-order valence-electron chi connectivity index (χ2n) is 5.97. The highest BCUT2D eigenvalue weighted by Crippen LogP contribution is 2.37. The predicted octanol–water partition coefficient (Wildman–Crippen LogP) is 7.09. The Kier molecular flexibility index (Phi) is 7.05. The topological polar surface area (TPSA) is 30.5 Å². The van der Waals surface area contributed by atoms with Gasteiger partial charge in [-0.25, -0.2) is 4.39 Å². The maximum absolute atomic E-state index is 13.8. The van der Waals surface area contributed by atoms with E-state index in [0.29, 0.717) is 38.1 Å². The van der Waals surface area contributed by atoms with Crippen LogP contribution in [0.1, 0.15) is 11.1 Å². The van der Waals surface area contributed by atoms with Crippen LogP contribution < -0.4 is 14.8 Å². The highest BCUT2D eigenvalue weighted by atomic mass is 79.9. The number of anilines is 1.